The van der Waals surface area contributed by atoms with Crippen LogP contribution in [0.5, 0.6) is 5.75 Å². The van der Waals surface area contributed by atoms with Crippen LogP contribution in [0.1, 0.15) is 23.7 Å². The van der Waals surface area contributed by atoms with E-state index >= 15 is 0 Å². The Bertz CT molecular complexity index is 480. The van der Waals surface area contributed by atoms with E-state index < -0.39 is 5.92 Å². The first-order valence-electron chi connectivity index (χ1n) is 5.87. The van der Waals surface area contributed by atoms with E-state index in [4.69, 9.17) is 9.84 Å². The van der Waals surface area contributed by atoms with Crippen LogP contribution in [0, 0.1) is 5.92 Å². The molecule has 1 aromatic carbocycles. The molecule has 18 heavy (non-hydrogen) atoms. The number of anilines is 1. The van der Waals surface area contributed by atoms with Gasteiger partial charge in [0.05, 0.1) is 12.3 Å². The normalized spacial score (nSPS) is 15.3. The topological polar surface area (TPSA) is 75.6 Å². The molecule has 1 heterocycles. The highest BCUT2D eigenvalue weighted by atomic mass is 16.5. The zero-order chi connectivity index (χ0) is 13.1. The van der Waals surface area contributed by atoms with E-state index in [1.807, 2.05) is 6.92 Å². The Morgan fingerprint density at radius 1 is 1.56 bits per heavy atom. The molecule has 0 aliphatic carbocycles. The van der Waals surface area contributed by atoms with Gasteiger partial charge in [0, 0.05) is 11.5 Å². The molecule has 2 N–H and O–H groups in total. The molecule has 0 radical (unpaired) electrons. The molecule has 5 nitrogen and oxygen atoms in total. The van der Waals surface area contributed by atoms with Crippen LogP contribution >= 0.6 is 0 Å². The standard InChI is InChI=1S/C13H15NO4/c1-2-8(6-15)13(17)9-3-4-11-10(5-9)14-12(16)7-18-11/h3-5,8,15H,2,6-7H2,1H3,(H,14,16). The number of rotatable bonds is 4. The summed E-state index contributed by atoms with van der Waals surface area (Å²) in [4.78, 5) is 23.3. The van der Waals surface area contributed by atoms with Crippen molar-refractivity contribution in [3.05, 3.63) is 23.8 Å². The van der Waals surface area contributed by atoms with E-state index in [0.717, 1.165) is 0 Å². The van der Waals surface area contributed by atoms with E-state index in [0.29, 0.717) is 23.4 Å². The molecular weight excluding hydrogens is 234 g/mol. The van der Waals surface area contributed by atoms with Crippen LogP contribution in [0.3, 0.4) is 0 Å². The van der Waals surface area contributed by atoms with E-state index in [2.05, 4.69) is 5.32 Å². The summed E-state index contributed by atoms with van der Waals surface area (Å²) in [5.41, 5.74) is 0.977. The van der Waals surface area contributed by atoms with Crippen LogP contribution < -0.4 is 10.1 Å². The number of nitrogens with one attached hydrogen (secondary N) is 1. The fraction of sp³-hybridized carbons (Fsp3) is 0.385. The maximum absolute atomic E-state index is 12.1. The zero-order valence-corrected chi connectivity index (χ0v) is 10.1. The molecule has 96 valence electrons. The Kier molecular flexibility index (Phi) is 3.62. The number of hydrogen-bond acceptors (Lipinski definition) is 4. The van der Waals surface area contributed by atoms with Crippen molar-refractivity contribution in [2.45, 2.75) is 13.3 Å². The van der Waals surface area contributed by atoms with Gasteiger partial charge in [-0.1, -0.05) is 6.92 Å². The molecule has 1 amide bonds. The molecule has 1 unspecified atom stereocenters. The molecule has 0 saturated carbocycles. The van der Waals surface area contributed by atoms with Crippen molar-refractivity contribution in [3.63, 3.8) is 0 Å². The number of ketones is 1. The van der Waals surface area contributed by atoms with Gasteiger partial charge in [0.15, 0.2) is 12.4 Å². The lowest BCUT2D eigenvalue weighted by atomic mass is 9.95. The van der Waals surface area contributed by atoms with Crippen molar-refractivity contribution in [1.82, 2.24) is 0 Å². The minimum Gasteiger partial charge on any atom is -0.482 e. The summed E-state index contributed by atoms with van der Waals surface area (Å²) in [6, 6.07) is 4.90. The highest BCUT2D eigenvalue weighted by molar-refractivity contribution is 6.01. The van der Waals surface area contributed by atoms with Crippen molar-refractivity contribution in [1.29, 1.82) is 0 Å². The first-order valence-corrected chi connectivity index (χ1v) is 5.87. The number of carbonyl (C=O) groups excluding carboxylic acids is 2. The first-order chi connectivity index (χ1) is 8.65. The van der Waals surface area contributed by atoms with Gasteiger partial charge in [0.25, 0.3) is 5.91 Å². The van der Waals surface area contributed by atoms with Gasteiger partial charge < -0.3 is 15.2 Å². The van der Waals surface area contributed by atoms with Gasteiger partial charge >= 0.3 is 0 Å². The lowest BCUT2D eigenvalue weighted by Crippen LogP contribution is -2.26. The number of ether oxygens (including phenoxy) is 1. The van der Waals surface area contributed by atoms with Crippen LogP contribution in [0.4, 0.5) is 5.69 Å². The maximum Gasteiger partial charge on any atom is 0.262 e. The predicted molar refractivity (Wildman–Crippen MR) is 65.8 cm³/mol. The average molecular weight is 249 g/mol. The third-order valence-electron chi connectivity index (χ3n) is 2.98. The molecule has 2 rings (SSSR count). The highest BCUT2D eigenvalue weighted by Crippen LogP contribution is 2.29. The van der Waals surface area contributed by atoms with Gasteiger partial charge in [-0.05, 0) is 24.6 Å². The molecule has 1 atom stereocenters. The molecule has 1 aromatic rings. The Labute approximate surface area is 105 Å². The van der Waals surface area contributed by atoms with E-state index in [-0.39, 0.29) is 24.9 Å². The van der Waals surface area contributed by atoms with Gasteiger partial charge in [0.2, 0.25) is 0 Å². The van der Waals surface area contributed by atoms with Gasteiger partial charge in [-0.25, -0.2) is 0 Å². The quantitative estimate of drug-likeness (QED) is 0.787. The number of benzene rings is 1. The first kappa shape index (κ1) is 12.6. The molecule has 5 heteroatoms. The molecular formula is C13H15NO4. The van der Waals surface area contributed by atoms with Crippen LogP contribution in [0.2, 0.25) is 0 Å². The summed E-state index contributed by atoms with van der Waals surface area (Å²) < 4.78 is 5.21. The van der Waals surface area contributed by atoms with Crippen LogP contribution in [-0.4, -0.2) is 30.0 Å². The van der Waals surface area contributed by atoms with Crippen LogP contribution in [-0.2, 0) is 4.79 Å². The van der Waals surface area contributed by atoms with E-state index in [1.165, 1.54) is 0 Å². The summed E-state index contributed by atoms with van der Waals surface area (Å²) >= 11 is 0. The van der Waals surface area contributed by atoms with Gasteiger partial charge in [-0.3, -0.25) is 9.59 Å². The summed E-state index contributed by atoms with van der Waals surface area (Å²) in [6.45, 7) is 1.67. The lowest BCUT2D eigenvalue weighted by molar-refractivity contribution is -0.118. The summed E-state index contributed by atoms with van der Waals surface area (Å²) in [5, 5.41) is 11.8. The minimum absolute atomic E-state index is 0.00544. The SMILES string of the molecule is CCC(CO)C(=O)c1ccc2c(c1)NC(=O)CO2. The third-order valence-corrected chi connectivity index (χ3v) is 2.98. The Hall–Kier alpha value is -1.88. The van der Waals surface area contributed by atoms with Crippen LogP contribution in [0.25, 0.3) is 0 Å². The average Bonchev–Trinajstić information content (AvgIpc) is 2.39. The number of fused-ring (bicyclic) bond motifs is 1. The molecule has 1 aliphatic rings. The highest BCUT2D eigenvalue weighted by Gasteiger charge is 2.21. The van der Waals surface area contributed by atoms with E-state index in [9.17, 15) is 9.59 Å². The summed E-state index contributed by atoms with van der Waals surface area (Å²) in [6.07, 6.45) is 0.579. The number of Topliss-reactive ketones (excluding diaryl/α,β-unsaturated/α-hetero) is 1. The number of aliphatic hydroxyl groups excluding tert-OH is 1. The monoisotopic (exact) mass is 249 g/mol. The number of carbonyl (C=O) groups is 2. The molecule has 1 aliphatic heterocycles. The predicted octanol–water partition coefficient (Wildman–Crippen LogP) is 1.22. The summed E-state index contributed by atoms with van der Waals surface area (Å²) in [7, 11) is 0. The molecule has 0 aromatic heterocycles. The van der Waals surface area contributed by atoms with Gasteiger partial charge in [-0.15, -0.1) is 0 Å². The maximum atomic E-state index is 12.1. The van der Waals surface area contributed by atoms with Gasteiger partial charge in [0.1, 0.15) is 5.75 Å². The minimum atomic E-state index is -0.400. The smallest absolute Gasteiger partial charge is 0.262 e. The molecule has 0 saturated heterocycles. The number of hydrogen-bond donors (Lipinski definition) is 2. The second-order valence-corrected chi connectivity index (χ2v) is 4.20. The largest absolute Gasteiger partial charge is 0.482 e. The Morgan fingerprint density at radius 2 is 2.33 bits per heavy atom. The zero-order valence-electron chi connectivity index (χ0n) is 10.1. The number of amides is 1. The van der Waals surface area contributed by atoms with Crippen molar-refractivity contribution in [2.75, 3.05) is 18.5 Å². The fourth-order valence-corrected chi connectivity index (χ4v) is 1.87. The molecule has 0 bridgehead atoms. The fourth-order valence-electron chi connectivity index (χ4n) is 1.87. The second-order valence-electron chi connectivity index (χ2n) is 4.20. The van der Waals surface area contributed by atoms with Crippen molar-refractivity contribution in [3.8, 4) is 5.75 Å². The second kappa shape index (κ2) is 5.18. The van der Waals surface area contributed by atoms with Crippen molar-refractivity contribution in [2.24, 2.45) is 5.92 Å². The summed E-state index contributed by atoms with van der Waals surface area (Å²) in [5.74, 6) is -0.199. The van der Waals surface area contributed by atoms with Crippen molar-refractivity contribution < 1.29 is 19.4 Å². The lowest BCUT2D eigenvalue weighted by Gasteiger charge is -2.19. The van der Waals surface area contributed by atoms with E-state index in [1.54, 1.807) is 18.2 Å². The third kappa shape index (κ3) is 2.36. The number of aliphatic hydroxyl groups is 1. The van der Waals surface area contributed by atoms with Crippen molar-refractivity contribution >= 4 is 17.4 Å². The molecule has 0 fully saturated rings. The van der Waals surface area contributed by atoms with Crippen LogP contribution in [0.15, 0.2) is 18.2 Å². The Balaban J connectivity index is 2.28. The Morgan fingerprint density at radius 3 is 3.00 bits per heavy atom. The van der Waals surface area contributed by atoms with Gasteiger partial charge in [-0.2, -0.15) is 0 Å². The molecule has 0 spiro atoms.